The Morgan fingerprint density at radius 1 is 1.22 bits per heavy atom. The average molecular weight is 310 g/mol. The molecule has 116 valence electrons. The number of nitrogens with zero attached hydrogens (tertiary/aromatic N) is 5. The summed E-state index contributed by atoms with van der Waals surface area (Å²) in [4.78, 5) is 0. The maximum atomic E-state index is 8.82. The zero-order valence-electron chi connectivity index (χ0n) is 12.1. The summed E-state index contributed by atoms with van der Waals surface area (Å²) in [6.45, 7) is 0.402. The number of hydrogen-bond acceptors (Lipinski definition) is 6. The first-order chi connectivity index (χ1) is 11.3. The van der Waals surface area contributed by atoms with E-state index in [-0.39, 0.29) is 5.84 Å². The molecular formula is C15H14N6O2. The number of aromatic nitrogens is 4. The molecule has 0 aliphatic rings. The summed E-state index contributed by atoms with van der Waals surface area (Å²) in [5.41, 5.74) is 7.79. The summed E-state index contributed by atoms with van der Waals surface area (Å²) in [7, 11) is 0. The number of rotatable bonds is 5. The third kappa shape index (κ3) is 3.26. The Morgan fingerprint density at radius 3 is 2.74 bits per heavy atom. The van der Waals surface area contributed by atoms with Gasteiger partial charge in [-0.05, 0) is 34.2 Å². The Hall–Kier alpha value is -3.42. The molecule has 0 amide bonds. The van der Waals surface area contributed by atoms with Gasteiger partial charge >= 0.3 is 0 Å². The minimum atomic E-state index is -0.00562. The summed E-state index contributed by atoms with van der Waals surface area (Å²) >= 11 is 0. The smallest absolute Gasteiger partial charge is 0.170 e. The minimum Gasteiger partial charge on any atom is -0.487 e. The van der Waals surface area contributed by atoms with E-state index in [1.165, 1.54) is 11.0 Å². The zero-order valence-corrected chi connectivity index (χ0v) is 12.1. The highest BCUT2D eigenvalue weighted by Crippen LogP contribution is 2.24. The third-order valence-corrected chi connectivity index (χ3v) is 3.20. The van der Waals surface area contributed by atoms with Crippen LogP contribution in [0.3, 0.4) is 0 Å². The lowest BCUT2D eigenvalue weighted by Crippen LogP contribution is -2.14. The monoisotopic (exact) mass is 310 g/mol. The van der Waals surface area contributed by atoms with Crippen LogP contribution in [-0.2, 0) is 6.61 Å². The lowest BCUT2D eigenvalue weighted by molar-refractivity contribution is 0.304. The molecule has 0 spiro atoms. The molecule has 0 saturated carbocycles. The molecule has 0 unspecified atom stereocenters. The fraction of sp³-hybridized carbons (Fsp3) is 0.0667. The van der Waals surface area contributed by atoms with E-state index in [1.807, 2.05) is 30.3 Å². The Balaban J connectivity index is 1.92. The second-order valence-corrected chi connectivity index (χ2v) is 4.70. The number of amidine groups is 1. The van der Waals surface area contributed by atoms with Crippen LogP contribution in [0.15, 0.2) is 60.0 Å². The van der Waals surface area contributed by atoms with E-state index in [4.69, 9.17) is 15.7 Å². The molecule has 8 heteroatoms. The van der Waals surface area contributed by atoms with Gasteiger partial charge in [0, 0.05) is 5.56 Å². The minimum absolute atomic E-state index is 0.00562. The summed E-state index contributed by atoms with van der Waals surface area (Å²) in [6.07, 6.45) is 1.45. The van der Waals surface area contributed by atoms with Crippen molar-refractivity contribution >= 4 is 5.84 Å². The zero-order chi connectivity index (χ0) is 16.1. The van der Waals surface area contributed by atoms with Crippen molar-refractivity contribution in [1.29, 1.82) is 0 Å². The maximum absolute atomic E-state index is 8.82. The van der Waals surface area contributed by atoms with Crippen molar-refractivity contribution in [2.75, 3.05) is 0 Å². The normalized spacial score (nSPS) is 11.4. The topological polar surface area (TPSA) is 111 Å². The molecule has 1 aromatic heterocycles. The molecule has 0 saturated heterocycles. The molecule has 0 fully saturated rings. The summed E-state index contributed by atoms with van der Waals surface area (Å²) in [5.74, 6) is 0.574. The predicted molar refractivity (Wildman–Crippen MR) is 82.4 cm³/mol. The fourth-order valence-corrected chi connectivity index (χ4v) is 2.04. The van der Waals surface area contributed by atoms with E-state index in [0.29, 0.717) is 23.6 Å². The number of ether oxygens (including phenoxy) is 1. The van der Waals surface area contributed by atoms with E-state index < -0.39 is 0 Å². The van der Waals surface area contributed by atoms with Crippen molar-refractivity contribution < 1.29 is 9.94 Å². The van der Waals surface area contributed by atoms with Gasteiger partial charge in [0.2, 0.25) is 0 Å². The second-order valence-electron chi connectivity index (χ2n) is 4.70. The van der Waals surface area contributed by atoms with Crippen molar-refractivity contribution in [3.8, 4) is 11.4 Å². The van der Waals surface area contributed by atoms with Gasteiger partial charge in [-0.15, -0.1) is 5.10 Å². The first-order valence-electron chi connectivity index (χ1n) is 6.80. The SMILES string of the molecule is NC(=NO)c1ccc(OCc2ccccc2)c(-n2cnnn2)c1. The molecule has 2 aromatic carbocycles. The van der Waals surface area contributed by atoms with Gasteiger partial charge in [0.25, 0.3) is 0 Å². The first kappa shape index (κ1) is 14.5. The van der Waals surface area contributed by atoms with E-state index in [0.717, 1.165) is 5.56 Å². The number of oxime groups is 1. The fourth-order valence-electron chi connectivity index (χ4n) is 2.04. The molecule has 3 rings (SSSR count). The van der Waals surface area contributed by atoms with Gasteiger partial charge in [-0.2, -0.15) is 4.68 Å². The molecular weight excluding hydrogens is 296 g/mol. The highest BCUT2D eigenvalue weighted by molar-refractivity contribution is 5.97. The van der Waals surface area contributed by atoms with E-state index in [9.17, 15) is 0 Å². The van der Waals surface area contributed by atoms with Gasteiger partial charge in [0.05, 0.1) is 0 Å². The van der Waals surface area contributed by atoms with Gasteiger partial charge in [0.1, 0.15) is 24.4 Å². The van der Waals surface area contributed by atoms with Crippen LogP contribution >= 0.6 is 0 Å². The van der Waals surface area contributed by atoms with E-state index in [1.54, 1.807) is 18.2 Å². The van der Waals surface area contributed by atoms with Crippen molar-refractivity contribution in [2.45, 2.75) is 6.61 Å². The average Bonchev–Trinajstić information content (AvgIpc) is 3.14. The van der Waals surface area contributed by atoms with Crippen molar-refractivity contribution in [2.24, 2.45) is 10.9 Å². The molecule has 3 N–H and O–H groups in total. The van der Waals surface area contributed by atoms with Crippen LogP contribution in [0.1, 0.15) is 11.1 Å². The van der Waals surface area contributed by atoms with Gasteiger partial charge in [-0.1, -0.05) is 35.5 Å². The molecule has 8 nitrogen and oxygen atoms in total. The maximum Gasteiger partial charge on any atom is 0.170 e. The highest BCUT2D eigenvalue weighted by atomic mass is 16.5. The van der Waals surface area contributed by atoms with Gasteiger partial charge in [0.15, 0.2) is 5.84 Å². The summed E-state index contributed by atoms with van der Waals surface area (Å²) < 4.78 is 7.31. The van der Waals surface area contributed by atoms with Crippen LogP contribution in [0.4, 0.5) is 0 Å². The van der Waals surface area contributed by atoms with E-state index in [2.05, 4.69) is 20.7 Å². The largest absolute Gasteiger partial charge is 0.487 e. The van der Waals surface area contributed by atoms with Gasteiger partial charge in [-0.3, -0.25) is 0 Å². The molecule has 3 aromatic rings. The molecule has 23 heavy (non-hydrogen) atoms. The van der Waals surface area contributed by atoms with E-state index >= 15 is 0 Å². The molecule has 0 atom stereocenters. The Bertz CT molecular complexity index is 802. The number of nitrogens with two attached hydrogens (primary N) is 1. The lowest BCUT2D eigenvalue weighted by atomic mass is 10.1. The number of hydrogen-bond donors (Lipinski definition) is 2. The molecule has 1 heterocycles. The van der Waals surface area contributed by atoms with Crippen LogP contribution in [-0.4, -0.2) is 31.3 Å². The molecule has 0 bridgehead atoms. The number of benzene rings is 2. The van der Waals surface area contributed by atoms with Gasteiger partial charge < -0.3 is 15.7 Å². The molecule has 0 aliphatic heterocycles. The highest BCUT2D eigenvalue weighted by Gasteiger charge is 2.11. The van der Waals surface area contributed by atoms with Crippen LogP contribution in [0.2, 0.25) is 0 Å². The lowest BCUT2D eigenvalue weighted by Gasteiger charge is -2.12. The predicted octanol–water partition coefficient (Wildman–Crippen LogP) is 1.34. The quantitative estimate of drug-likeness (QED) is 0.318. The summed E-state index contributed by atoms with van der Waals surface area (Å²) in [6, 6.07) is 14.9. The Kier molecular flexibility index (Phi) is 4.14. The van der Waals surface area contributed by atoms with Gasteiger partial charge in [-0.25, -0.2) is 0 Å². The molecule has 0 aliphatic carbocycles. The van der Waals surface area contributed by atoms with Crippen LogP contribution < -0.4 is 10.5 Å². The van der Waals surface area contributed by atoms with Crippen molar-refractivity contribution in [3.63, 3.8) is 0 Å². The van der Waals surface area contributed by atoms with Crippen molar-refractivity contribution in [1.82, 2.24) is 20.2 Å². The number of tetrazole rings is 1. The Labute approximate surface area is 131 Å². The van der Waals surface area contributed by atoms with Crippen LogP contribution in [0.5, 0.6) is 5.75 Å². The van der Waals surface area contributed by atoms with Crippen molar-refractivity contribution in [3.05, 3.63) is 66.0 Å². The second kappa shape index (κ2) is 6.56. The Morgan fingerprint density at radius 2 is 2.04 bits per heavy atom. The standard InChI is InChI=1S/C15H14N6O2/c16-15(18-22)12-6-7-14(13(8-12)21-10-17-19-20-21)23-9-11-4-2-1-3-5-11/h1-8,10,22H,9H2,(H2,16,18). The third-order valence-electron chi connectivity index (χ3n) is 3.20. The first-order valence-corrected chi connectivity index (χ1v) is 6.80. The van der Waals surface area contributed by atoms with Crippen LogP contribution in [0, 0.1) is 0 Å². The van der Waals surface area contributed by atoms with Crippen LogP contribution in [0.25, 0.3) is 5.69 Å². The molecule has 0 radical (unpaired) electrons. The summed E-state index contributed by atoms with van der Waals surface area (Å²) in [5, 5.41) is 22.9.